The van der Waals surface area contributed by atoms with Crippen molar-refractivity contribution in [2.24, 2.45) is 0 Å². The molecule has 2 saturated heterocycles. The first-order valence-corrected chi connectivity index (χ1v) is 13.2. The number of morpholine rings is 1. The van der Waals surface area contributed by atoms with Crippen LogP contribution < -0.4 is 24.8 Å². The summed E-state index contributed by atoms with van der Waals surface area (Å²) in [6, 6.07) is 3.60. The Hall–Kier alpha value is -3.84. The molecule has 2 aliphatic rings. The molecule has 4 heterocycles. The summed E-state index contributed by atoms with van der Waals surface area (Å²) < 4.78 is 23.9. The molecule has 2 aliphatic heterocycles. The number of carbonyl (C=O) groups is 1. The number of rotatable bonds is 12. The zero-order valence-electron chi connectivity index (χ0n) is 22.7. The van der Waals surface area contributed by atoms with Crippen LogP contribution in [-0.4, -0.2) is 109 Å². The quantitative estimate of drug-likeness (QED) is 0.350. The predicted octanol–water partition coefficient (Wildman–Crippen LogP) is 1.96. The highest BCUT2D eigenvalue weighted by atomic mass is 16.5. The Kier molecular flexibility index (Phi) is 8.47. The van der Waals surface area contributed by atoms with Gasteiger partial charge in [0.15, 0.2) is 28.5 Å². The lowest BCUT2D eigenvalue weighted by molar-refractivity contribution is -0.127. The van der Waals surface area contributed by atoms with Crippen LogP contribution in [0.25, 0.3) is 11.2 Å². The molecule has 2 fully saturated rings. The van der Waals surface area contributed by atoms with Crippen LogP contribution in [0.2, 0.25) is 0 Å². The molecule has 5 rings (SSSR count). The number of methoxy groups -OCH3 is 3. The summed E-state index contributed by atoms with van der Waals surface area (Å²) in [5, 5.41) is 6.75. The lowest BCUT2D eigenvalue weighted by Gasteiger charge is -2.26. The third kappa shape index (κ3) is 6.09. The molecule has 0 unspecified atom stereocenters. The minimum atomic E-state index is 0.198. The normalized spacial score (nSPS) is 16.1. The molecule has 2 aromatic heterocycles. The number of anilines is 3. The van der Waals surface area contributed by atoms with Gasteiger partial charge in [0.2, 0.25) is 17.6 Å². The van der Waals surface area contributed by atoms with Crippen LogP contribution in [0.3, 0.4) is 0 Å². The standard InChI is InChI=1S/C26H36N8O5/c1-36-19-15-18(16-20(37-2)23(19)38-3)29-26-30-24(27-6-8-32-11-13-39-14-12-32)22-25(31-26)34(17-28-22)10-9-33-7-4-5-21(33)35/h15-17H,4-14H2,1-3H3,(H2,27,29,30,31). The first-order chi connectivity index (χ1) is 19.1. The largest absolute Gasteiger partial charge is 0.493 e. The van der Waals surface area contributed by atoms with Gasteiger partial charge in [-0.25, -0.2) is 4.98 Å². The van der Waals surface area contributed by atoms with Gasteiger partial charge < -0.3 is 39.0 Å². The molecule has 13 heteroatoms. The number of amides is 1. The van der Waals surface area contributed by atoms with E-state index in [1.54, 1.807) is 39.8 Å². The first kappa shape index (κ1) is 26.8. The SMILES string of the molecule is COc1cc(Nc2nc(NCCN3CCOCC3)c3ncn(CCN4CCCC4=O)c3n2)cc(OC)c1OC. The number of hydrogen-bond acceptors (Lipinski definition) is 11. The second-order valence-electron chi connectivity index (χ2n) is 9.41. The van der Waals surface area contributed by atoms with Crippen LogP contribution in [0.4, 0.5) is 17.5 Å². The summed E-state index contributed by atoms with van der Waals surface area (Å²) in [6.45, 7) is 6.90. The molecule has 0 bridgehead atoms. The summed E-state index contributed by atoms with van der Waals surface area (Å²) in [6.07, 6.45) is 3.29. The van der Waals surface area contributed by atoms with Gasteiger partial charge in [0.25, 0.3) is 0 Å². The minimum absolute atomic E-state index is 0.198. The van der Waals surface area contributed by atoms with Crippen molar-refractivity contribution in [3.05, 3.63) is 18.5 Å². The van der Waals surface area contributed by atoms with Gasteiger partial charge in [-0.1, -0.05) is 0 Å². The van der Waals surface area contributed by atoms with Crippen molar-refractivity contribution in [2.45, 2.75) is 19.4 Å². The Bertz CT molecular complexity index is 1270. The number of imidazole rings is 1. The molecule has 0 saturated carbocycles. The minimum Gasteiger partial charge on any atom is -0.493 e. The summed E-state index contributed by atoms with van der Waals surface area (Å²) >= 11 is 0. The lowest BCUT2D eigenvalue weighted by atomic mass is 10.2. The summed E-state index contributed by atoms with van der Waals surface area (Å²) in [7, 11) is 4.71. The molecule has 0 radical (unpaired) electrons. The second-order valence-corrected chi connectivity index (χ2v) is 9.41. The fourth-order valence-electron chi connectivity index (χ4n) is 4.90. The van der Waals surface area contributed by atoms with E-state index in [0.29, 0.717) is 71.9 Å². The molecule has 1 aromatic carbocycles. The first-order valence-electron chi connectivity index (χ1n) is 13.2. The highest BCUT2D eigenvalue weighted by molar-refractivity contribution is 5.85. The number of fused-ring (bicyclic) bond motifs is 1. The van der Waals surface area contributed by atoms with E-state index >= 15 is 0 Å². The van der Waals surface area contributed by atoms with Gasteiger partial charge in [-0.15, -0.1) is 0 Å². The van der Waals surface area contributed by atoms with Crippen molar-refractivity contribution in [1.82, 2.24) is 29.3 Å². The summed E-state index contributed by atoms with van der Waals surface area (Å²) in [5.74, 6) is 2.77. The van der Waals surface area contributed by atoms with Crippen molar-refractivity contribution in [1.29, 1.82) is 0 Å². The summed E-state index contributed by atoms with van der Waals surface area (Å²) in [4.78, 5) is 30.6. The van der Waals surface area contributed by atoms with E-state index in [0.717, 1.165) is 45.8 Å². The van der Waals surface area contributed by atoms with E-state index < -0.39 is 0 Å². The molecule has 0 aliphatic carbocycles. The van der Waals surface area contributed by atoms with Crippen LogP contribution in [-0.2, 0) is 16.1 Å². The highest BCUT2D eigenvalue weighted by Gasteiger charge is 2.21. The van der Waals surface area contributed by atoms with E-state index in [-0.39, 0.29) is 5.91 Å². The van der Waals surface area contributed by atoms with Crippen molar-refractivity contribution >= 4 is 34.5 Å². The molecule has 3 aromatic rings. The zero-order valence-corrected chi connectivity index (χ0v) is 22.7. The molecule has 39 heavy (non-hydrogen) atoms. The maximum Gasteiger partial charge on any atom is 0.231 e. The van der Waals surface area contributed by atoms with E-state index in [4.69, 9.17) is 28.9 Å². The van der Waals surface area contributed by atoms with Gasteiger partial charge in [0, 0.05) is 70.1 Å². The fraction of sp³-hybridized carbons (Fsp3) is 0.538. The van der Waals surface area contributed by atoms with Gasteiger partial charge in [-0.3, -0.25) is 9.69 Å². The average Bonchev–Trinajstić information content (AvgIpc) is 3.57. The van der Waals surface area contributed by atoms with Crippen LogP contribution in [0.1, 0.15) is 12.8 Å². The zero-order chi connectivity index (χ0) is 27.2. The van der Waals surface area contributed by atoms with E-state index in [1.807, 2.05) is 9.47 Å². The topological polar surface area (TPSA) is 128 Å². The van der Waals surface area contributed by atoms with Gasteiger partial charge in [-0.2, -0.15) is 9.97 Å². The number of aromatic nitrogens is 4. The average molecular weight is 541 g/mol. The van der Waals surface area contributed by atoms with Gasteiger partial charge in [-0.05, 0) is 6.42 Å². The van der Waals surface area contributed by atoms with Gasteiger partial charge >= 0.3 is 0 Å². The maximum atomic E-state index is 12.1. The molecular formula is C26H36N8O5. The van der Waals surface area contributed by atoms with E-state index in [2.05, 4.69) is 20.5 Å². The Balaban J connectivity index is 1.42. The Morgan fingerprint density at radius 1 is 0.974 bits per heavy atom. The maximum absolute atomic E-state index is 12.1. The van der Waals surface area contributed by atoms with Crippen LogP contribution in [0.15, 0.2) is 18.5 Å². The molecule has 0 spiro atoms. The monoisotopic (exact) mass is 540 g/mol. The molecule has 2 N–H and O–H groups in total. The predicted molar refractivity (Wildman–Crippen MR) is 146 cm³/mol. The van der Waals surface area contributed by atoms with Crippen LogP contribution in [0.5, 0.6) is 17.2 Å². The van der Waals surface area contributed by atoms with E-state index in [1.165, 1.54) is 0 Å². The molecule has 13 nitrogen and oxygen atoms in total. The Morgan fingerprint density at radius 2 is 1.74 bits per heavy atom. The number of nitrogens with zero attached hydrogens (tertiary/aromatic N) is 6. The van der Waals surface area contributed by atoms with Crippen molar-refractivity contribution in [3.63, 3.8) is 0 Å². The number of ether oxygens (including phenoxy) is 4. The van der Waals surface area contributed by atoms with Gasteiger partial charge in [0.1, 0.15) is 0 Å². The smallest absolute Gasteiger partial charge is 0.231 e. The van der Waals surface area contributed by atoms with Crippen LogP contribution in [0, 0.1) is 0 Å². The molecular weight excluding hydrogens is 504 g/mol. The van der Waals surface area contributed by atoms with Crippen molar-refractivity contribution in [3.8, 4) is 17.2 Å². The molecule has 210 valence electrons. The number of hydrogen-bond donors (Lipinski definition) is 2. The third-order valence-electron chi connectivity index (χ3n) is 6.99. The highest BCUT2D eigenvalue weighted by Crippen LogP contribution is 2.40. The Morgan fingerprint density at radius 3 is 2.41 bits per heavy atom. The van der Waals surface area contributed by atoms with Gasteiger partial charge in [0.05, 0.1) is 40.9 Å². The number of benzene rings is 1. The fourth-order valence-corrected chi connectivity index (χ4v) is 4.90. The van der Waals surface area contributed by atoms with Crippen molar-refractivity contribution < 1.29 is 23.7 Å². The number of carbonyl (C=O) groups excluding carboxylic acids is 1. The number of likely N-dealkylation sites (tertiary alicyclic amines) is 1. The van der Waals surface area contributed by atoms with Crippen molar-refractivity contribution in [2.75, 3.05) is 84.4 Å². The third-order valence-corrected chi connectivity index (χ3v) is 6.99. The molecule has 1 amide bonds. The number of nitrogens with one attached hydrogen (secondary N) is 2. The lowest BCUT2D eigenvalue weighted by Crippen LogP contribution is -2.39. The molecule has 0 atom stereocenters. The van der Waals surface area contributed by atoms with Crippen LogP contribution >= 0.6 is 0 Å². The summed E-state index contributed by atoms with van der Waals surface area (Å²) in [5.41, 5.74) is 2.04. The van der Waals surface area contributed by atoms with E-state index in [9.17, 15) is 4.79 Å². The second kappa shape index (κ2) is 12.3. The Labute approximate surface area is 227 Å².